The van der Waals surface area contributed by atoms with Gasteiger partial charge in [-0.05, 0) is 45.6 Å². The predicted molar refractivity (Wildman–Crippen MR) is 65.9 cm³/mol. The molecule has 1 aromatic heterocycles. The van der Waals surface area contributed by atoms with Crippen LogP contribution in [-0.4, -0.2) is 11.6 Å². The number of hydrogen-bond donors (Lipinski definition) is 1. The largest absolute Gasteiger partial charge is 0.456 e. The van der Waals surface area contributed by atoms with Crippen LogP contribution >= 0.6 is 11.3 Å². The number of thiophene rings is 1. The van der Waals surface area contributed by atoms with Gasteiger partial charge in [0.1, 0.15) is 10.6 Å². The second-order valence-corrected chi connectivity index (χ2v) is 6.24. The van der Waals surface area contributed by atoms with Crippen molar-refractivity contribution in [2.45, 2.75) is 45.6 Å². The SMILES string of the molecule is CC(C)(C)OC(=O)c1c(N)sc2c1CCC2. The number of anilines is 1. The monoisotopic (exact) mass is 239 g/mol. The second kappa shape index (κ2) is 3.77. The topological polar surface area (TPSA) is 52.3 Å². The number of carbonyl (C=O) groups excluding carboxylic acids is 1. The van der Waals surface area contributed by atoms with Crippen molar-refractivity contribution < 1.29 is 9.53 Å². The fourth-order valence-corrected chi connectivity index (χ4v) is 3.13. The van der Waals surface area contributed by atoms with E-state index >= 15 is 0 Å². The molecule has 3 nitrogen and oxygen atoms in total. The quantitative estimate of drug-likeness (QED) is 0.767. The fourth-order valence-electron chi connectivity index (χ4n) is 1.98. The fraction of sp³-hybridized carbons (Fsp3) is 0.583. The average molecular weight is 239 g/mol. The third-order valence-electron chi connectivity index (χ3n) is 2.55. The molecule has 0 saturated carbocycles. The number of nitrogens with two attached hydrogens (primary N) is 1. The Kier molecular flexibility index (Phi) is 2.70. The van der Waals surface area contributed by atoms with E-state index in [0.29, 0.717) is 10.6 Å². The van der Waals surface area contributed by atoms with Crippen molar-refractivity contribution in [3.05, 3.63) is 16.0 Å². The number of carbonyl (C=O) groups is 1. The summed E-state index contributed by atoms with van der Waals surface area (Å²) in [6.45, 7) is 5.61. The molecule has 16 heavy (non-hydrogen) atoms. The first-order valence-electron chi connectivity index (χ1n) is 5.52. The smallest absolute Gasteiger partial charge is 0.341 e. The summed E-state index contributed by atoms with van der Waals surface area (Å²) < 4.78 is 5.38. The Morgan fingerprint density at radius 2 is 2.06 bits per heavy atom. The molecule has 0 radical (unpaired) electrons. The average Bonchev–Trinajstić information content (AvgIpc) is 2.58. The van der Waals surface area contributed by atoms with Crippen molar-refractivity contribution in [3.8, 4) is 0 Å². The van der Waals surface area contributed by atoms with Crippen molar-refractivity contribution in [1.29, 1.82) is 0 Å². The van der Waals surface area contributed by atoms with Crippen LogP contribution in [0.5, 0.6) is 0 Å². The van der Waals surface area contributed by atoms with Crippen molar-refractivity contribution in [2.75, 3.05) is 5.73 Å². The number of aryl methyl sites for hydroxylation is 1. The lowest BCUT2D eigenvalue weighted by atomic mass is 10.1. The Morgan fingerprint density at radius 3 is 2.69 bits per heavy atom. The molecule has 2 rings (SSSR count). The zero-order chi connectivity index (χ0) is 11.9. The molecule has 0 amide bonds. The Bertz CT molecular complexity index is 429. The minimum atomic E-state index is -0.461. The number of rotatable bonds is 1. The summed E-state index contributed by atoms with van der Waals surface area (Å²) in [5, 5.41) is 0.610. The highest BCUT2D eigenvalue weighted by molar-refractivity contribution is 7.16. The van der Waals surface area contributed by atoms with Crippen molar-refractivity contribution >= 4 is 22.3 Å². The van der Waals surface area contributed by atoms with E-state index in [1.807, 2.05) is 20.8 Å². The van der Waals surface area contributed by atoms with E-state index in [1.54, 1.807) is 0 Å². The van der Waals surface area contributed by atoms with Gasteiger partial charge in [-0.15, -0.1) is 11.3 Å². The zero-order valence-electron chi connectivity index (χ0n) is 9.92. The highest BCUT2D eigenvalue weighted by Gasteiger charge is 2.28. The van der Waals surface area contributed by atoms with Crippen LogP contribution in [0.1, 0.15) is 48.0 Å². The van der Waals surface area contributed by atoms with Crippen LogP contribution in [0.3, 0.4) is 0 Å². The van der Waals surface area contributed by atoms with Crippen LogP contribution in [0.2, 0.25) is 0 Å². The van der Waals surface area contributed by atoms with Crippen molar-refractivity contribution in [1.82, 2.24) is 0 Å². The van der Waals surface area contributed by atoms with Gasteiger partial charge in [-0.1, -0.05) is 0 Å². The molecule has 1 aliphatic rings. The summed E-state index contributed by atoms with van der Waals surface area (Å²) in [7, 11) is 0. The lowest BCUT2D eigenvalue weighted by molar-refractivity contribution is 0.00703. The number of hydrogen-bond acceptors (Lipinski definition) is 4. The van der Waals surface area contributed by atoms with Crippen LogP contribution < -0.4 is 5.73 Å². The van der Waals surface area contributed by atoms with E-state index in [2.05, 4.69) is 0 Å². The first-order chi connectivity index (χ1) is 7.38. The Hall–Kier alpha value is -1.03. The summed E-state index contributed by atoms with van der Waals surface area (Å²) in [5.41, 5.74) is 7.17. The van der Waals surface area contributed by atoms with Crippen LogP contribution in [0.4, 0.5) is 5.00 Å². The van der Waals surface area contributed by atoms with Gasteiger partial charge in [0.15, 0.2) is 0 Å². The standard InChI is InChI=1S/C12H17NO2S/c1-12(2,3)15-11(14)9-7-5-4-6-8(7)16-10(9)13/h4-6,13H2,1-3H3. The van der Waals surface area contributed by atoms with Gasteiger partial charge in [0.2, 0.25) is 0 Å². The van der Waals surface area contributed by atoms with Crippen LogP contribution in [0.25, 0.3) is 0 Å². The van der Waals surface area contributed by atoms with E-state index in [4.69, 9.17) is 10.5 Å². The Labute approximate surface area is 99.6 Å². The molecule has 0 unspecified atom stereocenters. The van der Waals surface area contributed by atoms with Gasteiger partial charge < -0.3 is 10.5 Å². The first kappa shape index (κ1) is 11.5. The molecule has 0 aromatic carbocycles. The third kappa shape index (κ3) is 2.07. The van der Waals surface area contributed by atoms with E-state index in [9.17, 15) is 4.79 Å². The number of nitrogen functional groups attached to an aromatic ring is 1. The van der Waals surface area contributed by atoms with Gasteiger partial charge in [0.25, 0.3) is 0 Å². The Balaban J connectivity index is 2.30. The molecule has 0 atom stereocenters. The van der Waals surface area contributed by atoms with E-state index in [1.165, 1.54) is 16.2 Å². The van der Waals surface area contributed by atoms with Gasteiger partial charge in [0.05, 0.1) is 5.56 Å². The van der Waals surface area contributed by atoms with Gasteiger partial charge >= 0.3 is 5.97 Å². The molecule has 0 fully saturated rings. The molecule has 0 aliphatic heterocycles. The molecule has 0 bridgehead atoms. The third-order valence-corrected chi connectivity index (χ3v) is 3.67. The molecule has 1 aromatic rings. The molecule has 0 saturated heterocycles. The number of fused-ring (bicyclic) bond motifs is 1. The minimum Gasteiger partial charge on any atom is -0.456 e. The molecule has 4 heteroatoms. The maximum Gasteiger partial charge on any atom is 0.341 e. The molecule has 1 aliphatic carbocycles. The molecular weight excluding hydrogens is 222 g/mol. The van der Waals surface area contributed by atoms with Gasteiger partial charge in [-0.25, -0.2) is 4.79 Å². The Morgan fingerprint density at radius 1 is 1.38 bits per heavy atom. The van der Waals surface area contributed by atoms with Crippen molar-refractivity contribution in [2.24, 2.45) is 0 Å². The number of ether oxygens (including phenoxy) is 1. The van der Waals surface area contributed by atoms with Crippen LogP contribution in [0, 0.1) is 0 Å². The van der Waals surface area contributed by atoms with Crippen molar-refractivity contribution in [3.63, 3.8) is 0 Å². The lowest BCUT2D eigenvalue weighted by Crippen LogP contribution is -2.24. The summed E-state index contributed by atoms with van der Waals surface area (Å²) in [5.74, 6) is -0.274. The van der Waals surface area contributed by atoms with Crippen LogP contribution in [-0.2, 0) is 17.6 Å². The molecule has 88 valence electrons. The summed E-state index contributed by atoms with van der Waals surface area (Å²) >= 11 is 1.53. The maximum atomic E-state index is 12.0. The minimum absolute atomic E-state index is 0.274. The predicted octanol–water partition coefficient (Wildman–Crippen LogP) is 2.77. The normalized spacial score (nSPS) is 14.9. The highest BCUT2D eigenvalue weighted by atomic mass is 32.1. The van der Waals surface area contributed by atoms with E-state index in [0.717, 1.165) is 24.8 Å². The lowest BCUT2D eigenvalue weighted by Gasteiger charge is -2.19. The van der Waals surface area contributed by atoms with Crippen LogP contribution in [0.15, 0.2) is 0 Å². The van der Waals surface area contributed by atoms with Gasteiger partial charge in [-0.2, -0.15) is 0 Å². The summed E-state index contributed by atoms with van der Waals surface area (Å²) in [4.78, 5) is 13.3. The maximum absolute atomic E-state index is 12.0. The summed E-state index contributed by atoms with van der Waals surface area (Å²) in [6.07, 6.45) is 3.13. The van der Waals surface area contributed by atoms with E-state index < -0.39 is 5.60 Å². The zero-order valence-corrected chi connectivity index (χ0v) is 10.7. The van der Waals surface area contributed by atoms with Gasteiger partial charge in [-0.3, -0.25) is 0 Å². The molecule has 2 N–H and O–H groups in total. The molecular formula is C12H17NO2S. The second-order valence-electron chi connectivity index (χ2n) is 5.10. The molecule has 1 heterocycles. The highest BCUT2D eigenvalue weighted by Crippen LogP contribution is 2.38. The van der Waals surface area contributed by atoms with Gasteiger partial charge in [0, 0.05) is 4.88 Å². The number of esters is 1. The van der Waals surface area contributed by atoms with E-state index in [-0.39, 0.29) is 5.97 Å². The molecule has 0 spiro atoms. The summed E-state index contributed by atoms with van der Waals surface area (Å²) in [6, 6.07) is 0. The first-order valence-corrected chi connectivity index (χ1v) is 6.33.